The molecule has 2 unspecified atom stereocenters. The van der Waals surface area contributed by atoms with Crippen LogP contribution in [-0.2, 0) is 16.0 Å². The Bertz CT molecular complexity index is 788. The lowest BCUT2D eigenvalue weighted by Gasteiger charge is -2.17. The molecule has 0 saturated carbocycles. The molecule has 0 spiro atoms. The number of rotatable bonds is 7. The van der Waals surface area contributed by atoms with Gasteiger partial charge in [-0.2, -0.15) is 0 Å². The normalized spacial score (nSPS) is 14.8. The van der Waals surface area contributed by atoms with Gasteiger partial charge in [0.15, 0.2) is 0 Å². The molecule has 1 heterocycles. The molecule has 5 nitrogen and oxygen atoms in total. The molecule has 2 aromatic carbocycles. The van der Waals surface area contributed by atoms with Gasteiger partial charge in [0.25, 0.3) is 0 Å². The van der Waals surface area contributed by atoms with E-state index in [4.69, 9.17) is 4.74 Å². The van der Waals surface area contributed by atoms with Crippen molar-refractivity contribution < 1.29 is 19.4 Å². The summed E-state index contributed by atoms with van der Waals surface area (Å²) in [7, 11) is 0. The largest absolute Gasteiger partial charge is 0.493 e. The molecule has 0 bridgehead atoms. The van der Waals surface area contributed by atoms with Gasteiger partial charge in [-0.1, -0.05) is 42.5 Å². The molecule has 0 saturated heterocycles. The second-order valence-corrected chi connectivity index (χ2v) is 6.55. The van der Waals surface area contributed by atoms with E-state index in [0.717, 1.165) is 22.4 Å². The number of carboxylic acids is 1. The number of amides is 1. The Labute approximate surface area is 153 Å². The summed E-state index contributed by atoms with van der Waals surface area (Å²) in [5, 5.41) is 12.6. The van der Waals surface area contributed by atoms with Crippen LogP contribution in [0.15, 0.2) is 48.5 Å². The van der Waals surface area contributed by atoms with E-state index in [9.17, 15) is 14.7 Å². The number of carbonyl (C=O) groups is 2. The fourth-order valence-electron chi connectivity index (χ4n) is 3.40. The third kappa shape index (κ3) is 4.04. The molecule has 0 aromatic heterocycles. The highest BCUT2D eigenvalue weighted by molar-refractivity contribution is 5.80. The highest BCUT2D eigenvalue weighted by Crippen LogP contribution is 2.34. The van der Waals surface area contributed by atoms with Crippen LogP contribution in [0.5, 0.6) is 5.75 Å². The second kappa shape index (κ2) is 8.04. The molecule has 5 heteroatoms. The molecule has 0 radical (unpaired) electrons. The van der Waals surface area contributed by atoms with Crippen molar-refractivity contribution in [1.29, 1.82) is 0 Å². The molecule has 0 fully saturated rings. The number of carboxylic acid groups (broad SMARTS) is 1. The summed E-state index contributed by atoms with van der Waals surface area (Å²) in [6.07, 6.45) is 1.14. The first kappa shape index (κ1) is 18.0. The maximum atomic E-state index is 12.3. The van der Waals surface area contributed by atoms with E-state index < -0.39 is 11.9 Å². The lowest BCUT2D eigenvalue weighted by molar-refractivity contribution is -0.139. The summed E-state index contributed by atoms with van der Waals surface area (Å²) in [6.45, 7) is 2.50. The molecule has 26 heavy (non-hydrogen) atoms. The summed E-state index contributed by atoms with van der Waals surface area (Å²) >= 11 is 0. The minimum absolute atomic E-state index is 0.110. The zero-order valence-corrected chi connectivity index (χ0v) is 14.8. The van der Waals surface area contributed by atoms with Gasteiger partial charge in [0.05, 0.1) is 18.6 Å². The predicted molar refractivity (Wildman–Crippen MR) is 98.3 cm³/mol. The molecule has 3 rings (SSSR count). The van der Waals surface area contributed by atoms with Crippen molar-refractivity contribution >= 4 is 11.9 Å². The van der Waals surface area contributed by atoms with Gasteiger partial charge in [0.1, 0.15) is 5.75 Å². The SMILES string of the molecule is CC(NC(=O)CCC(C(=O)O)c1cccc2c1CCO2)c1ccccc1. The lowest BCUT2D eigenvalue weighted by Crippen LogP contribution is -2.27. The number of carbonyl (C=O) groups excluding carboxylic acids is 1. The fourth-order valence-corrected chi connectivity index (χ4v) is 3.40. The maximum absolute atomic E-state index is 12.3. The van der Waals surface area contributed by atoms with Crippen LogP contribution < -0.4 is 10.1 Å². The molecule has 1 aliphatic heterocycles. The molecule has 0 aliphatic carbocycles. The molecule has 1 amide bonds. The predicted octanol–water partition coefficient (Wildman–Crippen LogP) is 3.45. The number of hydrogen-bond donors (Lipinski definition) is 2. The minimum atomic E-state index is -0.908. The van der Waals surface area contributed by atoms with Crippen LogP contribution in [0.2, 0.25) is 0 Å². The van der Waals surface area contributed by atoms with Gasteiger partial charge < -0.3 is 15.2 Å². The highest BCUT2D eigenvalue weighted by atomic mass is 16.5. The van der Waals surface area contributed by atoms with Crippen molar-refractivity contribution in [2.75, 3.05) is 6.61 Å². The van der Waals surface area contributed by atoms with E-state index in [0.29, 0.717) is 13.0 Å². The van der Waals surface area contributed by atoms with Crippen molar-refractivity contribution in [2.24, 2.45) is 0 Å². The standard InChI is InChI=1S/C21H23NO4/c1-14(15-6-3-2-4-7-15)22-20(23)11-10-18(21(24)25)16-8-5-9-19-17(16)12-13-26-19/h2-9,14,18H,10-13H2,1H3,(H,22,23)(H,24,25). The summed E-state index contributed by atoms with van der Waals surface area (Å²) in [4.78, 5) is 24.1. The summed E-state index contributed by atoms with van der Waals surface area (Å²) < 4.78 is 5.52. The van der Waals surface area contributed by atoms with Crippen molar-refractivity contribution in [1.82, 2.24) is 5.32 Å². The number of benzene rings is 2. The van der Waals surface area contributed by atoms with Crippen LogP contribution in [0.4, 0.5) is 0 Å². The van der Waals surface area contributed by atoms with E-state index in [1.807, 2.05) is 55.5 Å². The molecular formula is C21H23NO4. The van der Waals surface area contributed by atoms with Gasteiger partial charge in [0.2, 0.25) is 5.91 Å². The summed E-state index contributed by atoms with van der Waals surface area (Å²) in [6, 6.07) is 15.1. The van der Waals surface area contributed by atoms with Crippen LogP contribution in [0.3, 0.4) is 0 Å². The average Bonchev–Trinajstić information content (AvgIpc) is 3.11. The molecule has 2 atom stereocenters. The summed E-state index contributed by atoms with van der Waals surface area (Å²) in [5.74, 6) is -0.994. The van der Waals surface area contributed by atoms with E-state index in [1.54, 1.807) is 0 Å². The first-order valence-corrected chi connectivity index (χ1v) is 8.88. The number of ether oxygens (including phenoxy) is 1. The fraction of sp³-hybridized carbons (Fsp3) is 0.333. The molecule has 2 N–H and O–H groups in total. The maximum Gasteiger partial charge on any atom is 0.310 e. The van der Waals surface area contributed by atoms with Crippen molar-refractivity contribution in [3.05, 3.63) is 65.2 Å². The van der Waals surface area contributed by atoms with Crippen molar-refractivity contribution in [3.63, 3.8) is 0 Å². The van der Waals surface area contributed by atoms with Crippen LogP contribution in [-0.4, -0.2) is 23.6 Å². The second-order valence-electron chi connectivity index (χ2n) is 6.55. The van der Waals surface area contributed by atoms with Crippen LogP contribution in [0.25, 0.3) is 0 Å². The highest BCUT2D eigenvalue weighted by Gasteiger charge is 2.27. The van der Waals surface area contributed by atoms with Crippen LogP contribution >= 0.6 is 0 Å². The molecule has 1 aliphatic rings. The zero-order valence-electron chi connectivity index (χ0n) is 14.8. The van der Waals surface area contributed by atoms with E-state index in [-0.39, 0.29) is 24.8 Å². The van der Waals surface area contributed by atoms with Gasteiger partial charge >= 0.3 is 5.97 Å². The quantitative estimate of drug-likeness (QED) is 0.799. The van der Waals surface area contributed by atoms with Gasteiger partial charge in [-0.25, -0.2) is 0 Å². The van der Waals surface area contributed by atoms with E-state index in [1.165, 1.54) is 0 Å². The Morgan fingerprint density at radius 3 is 2.65 bits per heavy atom. The van der Waals surface area contributed by atoms with E-state index >= 15 is 0 Å². The van der Waals surface area contributed by atoms with Crippen molar-refractivity contribution in [2.45, 2.75) is 38.1 Å². The van der Waals surface area contributed by atoms with Gasteiger partial charge in [-0.3, -0.25) is 9.59 Å². The topological polar surface area (TPSA) is 75.6 Å². The third-order valence-electron chi connectivity index (χ3n) is 4.79. The van der Waals surface area contributed by atoms with Gasteiger partial charge in [0, 0.05) is 18.4 Å². The average molecular weight is 353 g/mol. The Balaban J connectivity index is 1.64. The Morgan fingerprint density at radius 1 is 1.15 bits per heavy atom. The van der Waals surface area contributed by atoms with Crippen LogP contribution in [0, 0.1) is 0 Å². The Kier molecular flexibility index (Phi) is 5.56. The first-order valence-electron chi connectivity index (χ1n) is 8.88. The third-order valence-corrected chi connectivity index (χ3v) is 4.79. The Morgan fingerprint density at radius 2 is 1.92 bits per heavy atom. The van der Waals surface area contributed by atoms with Crippen molar-refractivity contribution in [3.8, 4) is 5.75 Å². The monoisotopic (exact) mass is 353 g/mol. The van der Waals surface area contributed by atoms with Crippen LogP contribution in [0.1, 0.15) is 48.4 Å². The molecule has 136 valence electrons. The number of fused-ring (bicyclic) bond motifs is 1. The smallest absolute Gasteiger partial charge is 0.310 e. The molecular weight excluding hydrogens is 330 g/mol. The minimum Gasteiger partial charge on any atom is -0.493 e. The number of nitrogens with one attached hydrogen (secondary N) is 1. The first-order chi connectivity index (χ1) is 12.6. The lowest BCUT2D eigenvalue weighted by atomic mass is 9.89. The number of hydrogen-bond acceptors (Lipinski definition) is 3. The molecule has 2 aromatic rings. The van der Waals surface area contributed by atoms with E-state index in [2.05, 4.69) is 5.32 Å². The zero-order chi connectivity index (χ0) is 18.5. The summed E-state index contributed by atoms with van der Waals surface area (Å²) in [5.41, 5.74) is 2.74. The van der Waals surface area contributed by atoms with Gasteiger partial charge in [-0.15, -0.1) is 0 Å². The number of aliphatic carboxylic acids is 1. The van der Waals surface area contributed by atoms with Gasteiger partial charge in [-0.05, 0) is 30.5 Å². The Hall–Kier alpha value is -2.82.